The third-order valence-corrected chi connectivity index (χ3v) is 6.64. The van der Waals surface area contributed by atoms with Crippen LogP contribution in [0.5, 0.6) is 5.75 Å². The number of ether oxygens (including phenoxy) is 1. The lowest BCUT2D eigenvalue weighted by Crippen LogP contribution is -2.18. The van der Waals surface area contributed by atoms with Gasteiger partial charge in [-0.05, 0) is 61.2 Å². The summed E-state index contributed by atoms with van der Waals surface area (Å²) in [6, 6.07) is 12.4. The van der Waals surface area contributed by atoms with Crippen molar-refractivity contribution in [3.63, 3.8) is 0 Å². The van der Waals surface area contributed by atoms with Gasteiger partial charge in [0, 0.05) is 18.3 Å². The zero-order valence-electron chi connectivity index (χ0n) is 21.3. The largest absolute Gasteiger partial charge is 0.573 e. The van der Waals surface area contributed by atoms with Crippen molar-refractivity contribution >= 4 is 45.7 Å². The second kappa shape index (κ2) is 13.9. The predicted molar refractivity (Wildman–Crippen MR) is 146 cm³/mol. The molecule has 4 aromatic rings. The van der Waals surface area contributed by atoms with Gasteiger partial charge < -0.3 is 15.4 Å². The van der Waals surface area contributed by atoms with E-state index in [9.17, 15) is 22.8 Å². The van der Waals surface area contributed by atoms with Gasteiger partial charge in [-0.3, -0.25) is 14.6 Å². The Morgan fingerprint density at radius 1 is 0.878 bits per heavy atom. The molecule has 2 amide bonds. The van der Waals surface area contributed by atoms with Gasteiger partial charge in [-0.2, -0.15) is 5.10 Å². The van der Waals surface area contributed by atoms with E-state index in [1.807, 2.05) is 6.07 Å². The first-order valence-corrected chi connectivity index (χ1v) is 13.5. The Kier molecular flexibility index (Phi) is 10.1. The third kappa shape index (κ3) is 10.1. The van der Waals surface area contributed by atoms with E-state index in [4.69, 9.17) is 11.6 Å². The number of pyridine rings is 1. The van der Waals surface area contributed by atoms with Crippen LogP contribution in [0.15, 0.2) is 54.7 Å². The molecule has 0 aliphatic rings. The summed E-state index contributed by atoms with van der Waals surface area (Å²) in [6.45, 7) is 0. The number of carbonyl (C=O) groups excluding carboxylic acids is 2. The summed E-state index contributed by atoms with van der Waals surface area (Å²) < 4.78 is 41.4. The van der Waals surface area contributed by atoms with Crippen molar-refractivity contribution in [1.29, 1.82) is 0 Å². The first kappa shape index (κ1) is 29.8. The first-order chi connectivity index (χ1) is 19.6. The minimum Gasteiger partial charge on any atom is -0.404 e. The minimum absolute atomic E-state index is 0.156. The zero-order valence-corrected chi connectivity index (χ0v) is 22.9. The number of aryl methyl sites for hydroxylation is 2. The molecule has 0 fully saturated rings. The number of rotatable bonds is 12. The molecule has 2 N–H and O–H groups in total. The molecule has 0 bridgehead atoms. The fraction of sp³-hybridized carbons (Fsp3) is 0.269. The molecule has 15 heteroatoms. The van der Waals surface area contributed by atoms with Gasteiger partial charge in [0.2, 0.25) is 16.9 Å². The molecule has 0 unspecified atom stereocenters. The molecule has 0 saturated carbocycles. The molecule has 0 saturated heterocycles. The Morgan fingerprint density at radius 3 is 2.41 bits per heavy atom. The van der Waals surface area contributed by atoms with E-state index in [1.165, 1.54) is 23.5 Å². The number of amides is 2. The molecular weight excluding hydrogens is 583 g/mol. The third-order valence-electron chi connectivity index (χ3n) is 5.43. The molecule has 3 aromatic heterocycles. The first-order valence-electron chi connectivity index (χ1n) is 12.3. The van der Waals surface area contributed by atoms with Crippen molar-refractivity contribution in [3.8, 4) is 5.75 Å². The number of nitrogens with one attached hydrogen (secondary N) is 2. The van der Waals surface area contributed by atoms with Gasteiger partial charge in [0.05, 0.1) is 23.6 Å². The van der Waals surface area contributed by atoms with Crippen LogP contribution in [-0.4, -0.2) is 43.6 Å². The zero-order chi connectivity index (χ0) is 29.2. The van der Waals surface area contributed by atoms with E-state index in [1.54, 1.807) is 30.5 Å². The van der Waals surface area contributed by atoms with Gasteiger partial charge in [0.15, 0.2) is 5.82 Å². The van der Waals surface area contributed by atoms with E-state index < -0.39 is 18.0 Å². The van der Waals surface area contributed by atoms with Crippen LogP contribution in [0, 0.1) is 0 Å². The van der Waals surface area contributed by atoms with Crippen molar-refractivity contribution < 1.29 is 27.5 Å². The van der Waals surface area contributed by atoms with E-state index in [0.717, 1.165) is 29.6 Å². The molecule has 0 aliphatic heterocycles. The molecule has 0 spiro atoms. The highest BCUT2D eigenvalue weighted by Crippen LogP contribution is 2.31. The topological polar surface area (TPSA) is 132 Å². The maximum Gasteiger partial charge on any atom is 0.573 e. The molecular formula is C26H23ClF3N7O3S. The average Bonchev–Trinajstić information content (AvgIpc) is 3.36. The fourth-order valence-corrected chi connectivity index (χ4v) is 4.56. The Hall–Kier alpha value is -4.17. The van der Waals surface area contributed by atoms with Crippen LogP contribution in [0.4, 0.5) is 24.1 Å². The fourth-order valence-electron chi connectivity index (χ4n) is 3.61. The van der Waals surface area contributed by atoms with Crippen LogP contribution < -0.4 is 15.4 Å². The second-order valence-corrected chi connectivity index (χ2v) is 10.2. The van der Waals surface area contributed by atoms with Gasteiger partial charge >= 0.3 is 6.36 Å². The Bertz CT molecular complexity index is 1470. The number of benzene rings is 1. The average molecular weight is 606 g/mol. The highest BCUT2D eigenvalue weighted by molar-refractivity contribution is 7.15. The van der Waals surface area contributed by atoms with Crippen LogP contribution in [0.1, 0.15) is 34.8 Å². The lowest BCUT2D eigenvalue weighted by Gasteiger charge is -2.11. The summed E-state index contributed by atoms with van der Waals surface area (Å²) in [6.07, 6.45) is -0.356. The minimum atomic E-state index is -4.90. The molecule has 3 heterocycles. The maximum atomic E-state index is 12.5. The Balaban J connectivity index is 1.17. The number of nitrogens with zero attached hydrogens (tertiary/aromatic N) is 5. The van der Waals surface area contributed by atoms with Gasteiger partial charge in [0.1, 0.15) is 10.8 Å². The van der Waals surface area contributed by atoms with Crippen LogP contribution in [-0.2, 0) is 35.3 Å². The van der Waals surface area contributed by atoms with Crippen molar-refractivity contribution in [2.75, 3.05) is 10.6 Å². The van der Waals surface area contributed by atoms with Crippen LogP contribution in [0.2, 0.25) is 5.02 Å². The number of carbonyl (C=O) groups is 2. The molecule has 10 nitrogen and oxygen atoms in total. The smallest absolute Gasteiger partial charge is 0.404 e. The number of anilines is 2. The summed E-state index contributed by atoms with van der Waals surface area (Å²) in [5.41, 5.74) is 1.68. The summed E-state index contributed by atoms with van der Waals surface area (Å²) in [5.74, 6) is -1.06. The maximum absolute atomic E-state index is 12.5. The quantitative estimate of drug-likeness (QED) is 0.211. The number of unbranched alkanes of at least 4 members (excludes halogenated alkanes) is 1. The number of hydrogen-bond acceptors (Lipinski definition) is 9. The molecule has 0 atom stereocenters. The highest BCUT2D eigenvalue weighted by Gasteiger charge is 2.32. The van der Waals surface area contributed by atoms with Gasteiger partial charge in [-0.25, -0.2) is 0 Å². The standard InChI is InChI=1S/C26H23ClF3N7O3S/c27-19-10-8-16(13-20(19)40-26(28,29)30)14-22(38)32-21-11-9-17(34-35-21)5-1-2-7-24-36-37-25(41-24)33-23(39)15-18-6-3-4-12-31-18/h3-4,6,8-13H,1-2,5,7,14-15H2,(H,32,35,38)(H,33,37,39). The van der Waals surface area contributed by atoms with Crippen LogP contribution in [0.25, 0.3) is 0 Å². The second-order valence-electron chi connectivity index (χ2n) is 8.70. The van der Waals surface area contributed by atoms with Crippen molar-refractivity contribution in [2.24, 2.45) is 0 Å². The lowest BCUT2D eigenvalue weighted by molar-refractivity contribution is -0.274. The number of hydrogen-bond donors (Lipinski definition) is 2. The van der Waals surface area contributed by atoms with Gasteiger partial charge in [-0.15, -0.1) is 28.5 Å². The lowest BCUT2D eigenvalue weighted by atomic mass is 10.1. The van der Waals surface area contributed by atoms with Crippen LogP contribution in [0.3, 0.4) is 0 Å². The molecule has 41 heavy (non-hydrogen) atoms. The summed E-state index contributed by atoms with van der Waals surface area (Å²) >= 11 is 7.06. The van der Waals surface area contributed by atoms with E-state index in [2.05, 4.69) is 40.7 Å². The van der Waals surface area contributed by atoms with Gasteiger partial charge in [-0.1, -0.05) is 35.1 Å². The molecule has 0 radical (unpaired) electrons. The number of alkyl halides is 3. The molecule has 214 valence electrons. The molecule has 0 aliphatic carbocycles. The Morgan fingerprint density at radius 2 is 1.68 bits per heavy atom. The monoisotopic (exact) mass is 605 g/mol. The molecule has 4 rings (SSSR count). The van der Waals surface area contributed by atoms with Crippen molar-refractivity contribution in [3.05, 3.63) is 81.7 Å². The van der Waals surface area contributed by atoms with E-state index in [0.29, 0.717) is 23.7 Å². The van der Waals surface area contributed by atoms with Crippen molar-refractivity contribution in [1.82, 2.24) is 25.4 Å². The molecule has 1 aromatic carbocycles. The predicted octanol–water partition coefficient (Wildman–Crippen LogP) is 5.20. The summed E-state index contributed by atoms with van der Waals surface area (Å²) in [4.78, 5) is 28.6. The number of halogens is 4. The van der Waals surface area contributed by atoms with E-state index in [-0.39, 0.29) is 35.2 Å². The Labute approximate surface area is 241 Å². The normalized spacial score (nSPS) is 11.2. The van der Waals surface area contributed by atoms with Gasteiger partial charge in [0.25, 0.3) is 0 Å². The van der Waals surface area contributed by atoms with Crippen LogP contribution >= 0.6 is 22.9 Å². The summed E-state index contributed by atoms with van der Waals surface area (Å²) in [7, 11) is 0. The highest BCUT2D eigenvalue weighted by atomic mass is 35.5. The van der Waals surface area contributed by atoms with E-state index >= 15 is 0 Å². The van der Waals surface area contributed by atoms with Crippen molar-refractivity contribution in [2.45, 2.75) is 44.9 Å². The number of aromatic nitrogens is 5. The SMILES string of the molecule is O=C(Cc1ccc(Cl)c(OC(F)(F)F)c1)Nc1ccc(CCCCc2nnc(NC(=O)Cc3ccccn3)s2)nn1. The summed E-state index contributed by atoms with van der Waals surface area (Å²) in [5, 5.41) is 22.6.